The maximum absolute atomic E-state index is 12.6. The van der Waals surface area contributed by atoms with E-state index in [1.807, 2.05) is 23.1 Å². The van der Waals surface area contributed by atoms with E-state index < -0.39 is 0 Å². The van der Waals surface area contributed by atoms with Gasteiger partial charge < -0.3 is 19.1 Å². The molecule has 6 heteroatoms. The second-order valence-electron chi connectivity index (χ2n) is 8.96. The summed E-state index contributed by atoms with van der Waals surface area (Å²) in [6, 6.07) is 15.0. The van der Waals surface area contributed by atoms with Crippen molar-refractivity contribution in [2.75, 3.05) is 40.1 Å². The molecule has 0 bridgehead atoms. The van der Waals surface area contributed by atoms with E-state index in [1.165, 1.54) is 11.1 Å². The number of nitrogens with zero attached hydrogens (tertiary/aromatic N) is 2. The fourth-order valence-electron chi connectivity index (χ4n) is 4.98. The summed E-state index contributed by atoms with van der Waals surface area (Å²) in [4.78, 5) is 17.2. The molecule has 2 aliphatic rings. The quantitative estimate of drug-likeness (QED) is 0.508. The lowest BCUT2D eigenvalue weighted by molar-refractivity contribution is -0.131. The van der Waals surface area contributed by atoms with E-state index in [9.17, 15) is 4.79 Å². The van der Waals surface area contributed by atoms with Crippen LogP contribution in [0.15, 0.2) is 42.5 Å². The van der Waals surface area contributed by atoms with Gasteiger partial charge in [0, 0.05) is 38.6 Å². The molecule has 0 N–H and O–H groups in total. The Hall–Kier alpha value is -2.73. The topological polar surface area (TPSA) is 51.2 Å². The zero-order chi connectivity index (χ0) is 23.2. The summed E-state index contributed by atoms with van der Waals surface area (Å²) >= 11 is 0. The van der Waals surface area contributed by atoms with Crippen LogP contribution in [-0.4, -0.2) is 55.8 Å². The number of hydrogen-bond acceptors (Lipinski definition) is 5. The molecule has 2 atom stereocenters. The van der Waals surface area contributed by atoms with Gasteiger partial charge in [0.2, 0.25) is 12.7 Å². The van der Waals surface area contributed by atoms with E-state index in [2.05, 4.69) is 43.0 Å². The number of hydrogen-bond donors (Lipinski definition) is 0. The number of carbonyl (C=O) groups is 1. The maximum Gasteiger partial charge on any atom is 0.231 e. The van der Waals surface area contributed by atoms with Crippen LogP contribution >= 0.6 is 0 Å². The van der Waals surface area contributed by atoms with Crippen molar-refractivity contribution in [1.82, 2.24) is 9.80 Å². The minimum Gasteiger partial charge on any atom is -0.497 e. The third-order valence-electron chi connectivity index (χ3n) is 6.74. The first-order valence-corrected chi connectivity index (χ1v) is 12.2. The molecule has 0 aliphatic carbocycles. The number of rotatable bonds is 10. The van der Waals surface area contributed by atoms with Crippen molar-refractivity contribution in [3.8, 4) is 17.2 Å². The average Bonchev–Trinajstić information content (AvgIpc) is 3.48. The molecule has 1 amide bonds. The first kappa shape index (κ1) is 23.4. The fraction of sp³-hybridized carbons (Fsp3) is 0.519. The molecule has 2 aromatic rings. The molecule has 2 aromatic carbocycles. The molecular formula is C27H36N2O4. The molecule has 2 heterocycles. The van der Waals surface area contributed by atoms with Gasteiger partial charge in [-0.1, -0.05) is 32.0 Å². The zero-order valence-corrected chi connectivity index (χ0v) is 20.1. The SMILES string of the molecule is CCCC(=O)N(CCC)CCN1C[C@@H](c2ccc3c(c2)OCO3)C[C@@H]1c1ccc(OC)cc1. The standard InChI is InChI=1S/C27H36N2O4/c1-4-6-27(30)28(13-5-2)14-15-29-18-22(21-9-12-25-26(17-21)33-19-32-25)16-24(29)20-7-10-23(31-3)11-8-20/h7-12,17,22,24H,4-6,13-16,18-19H2,1-3H3/t22-,24+/m0/s1. The van der Waals surface area contributed by atoms with E-state index in [4.69, 9.17) is 14.2 Å². The second kappa shape index (κ2) is 10.9. The lowest BCUT2D eigenvalue weighted by Crippen LogP contribution is -2.39. The van der Waals surface area contributed by atoms with Crippen LogP contribution in [0.5, 0.6) is 17.2 Å². The molecule has 1 fully saturated rings. The molecular weight excluding hydrogens is 416 g/mol. The minimum atomic E-state index is 0.270. The number of fused-ring (bicyclic) bond motifs is 1. The summed E-state index contributed by atoms with van der Waals surface area (Å²) in [5.74, 6) is 3.20. The monoisotopic (exact) mass is 452 g/mol. The van der Waals surface area contributed by atoms with Gasteiger partial charge in [-0.3, -0.25) is 9.69 Å². The Bertz CT molecular complexity index is 930. The summed E-state index contributed by atoms with van der Waals surface area (Å²) in [6.07, 6.45) is 3.53. The Morgan fingerprint density at radius 1 is 1.03 bits per heavy atom. The number of likely N-dealkylation sites (tertiary alicyclic amines) is 1. The highest BCUT2D eigenvalue weighted by atomic mass is 16.7. The van der Waals surface area contributed by atoms with Gasteiger partial charge in [-0.25, -0.2) is 0 Å². The van der Waals surface area contributed by atoms with E-state index in [-0.39, 0.29) is 5.91 Å². The van der Waals surface area contributed by atoms with Crippen LogP contribution in [0.25, 0.3) is 0 Å². The van der Waals surface area contributed by atoms with E-state index in [1.54, 1.807) is 7.11 Å². The lowest BCUT2D eigenvalue weighted by atomic mass is 9.93. The largest absolute Gasteiger partial charge is 0.497 e. The van der Waals surface area contributed by atoms with Crippen LogP contribution in [0.4, 0.5) is 0 Å². The summed E-state index contributed by atoms with van der Waals surface area (Å²) < 4.78 is 16.5. The highest BCUT2D eigenvalue weighted by molar-refractivity contribution is 5.76. The molecule has 1 saturated heterocycles. The van der Waals surface area contributed by atoms with Crippen molar-refractivity contribution in [1.29, 1.82) is 0 Å². The Balaban J connectivity index is 1.52. The van der Waals surface area contributed by atoms with Gasteiger partial charge >= 0.3 is 0 Å². The summed E-state index contributed by atoms with van der Waals surface area (Å²) in [5.41, 5.74) is 2.58. The van der Waals surface area contributed by atoms with Gasteiger partial charge in [0.25, 0.3) is 0 Å². The zero-order valence-electron chi connectivity index (χ0n) is 20.1. The Labute approximate surface area is 197 Å². The second-order valence-corrected chi connectivity index (χ2v) is 8.96. The summed E-state index contributed by atoms with van der Waals surface area (Å²) in [5, 5.41) is 0. The number of amides is 1. The van der Waals surface area contributed by atoms with Gasteiger partial charge in [-0.2, -0.15) is 0 Å². The van der Waals surface area contributed by atoms with E-state index in [0.717, 1.165) is 62.7 Å². The molecule has 0 unspecified atom stereocenters. The normalized spacial score (nSPS) is 19.6. The Kier molecular flexibility index (Phi) is 7.76. The molecule has 0 spiro atoms. The highest BCUT2D eigenvalue weighted by Crippen LogP contribution is 2.43. The Morgan fingerprint density at radius 2 is 1.79 bits per heavy atom. The smallest absolute Gasteiger partial charge is 0.231 e. The van der Waals surface area contributed by atoms with Crippen LogP contribution in [0.3, 0.4) is 0 Å². The first-order chi connectivity index (χ1) is 16.1. The van der Waals surface area contributed by atoms with Crippen molar-refractivity contribution in [2.24, 2.45) is 0 Å². The van der Waals surface area contributed by atoms with Gasteiger partial charge in [0.05, 0.1) is 7.11 Å². The van der Waals surface area contributed by atoms with Crippen molar-refractivity contribution in [3.05, 3.63) is 53.6 Å². The molecule has 2 aliphatic heterocycles. The van der Waals surface area contributed by atoms with E-state index >= 15 is 0 Å². The van der Waals surface area contributed by atoms with Crippen LogP contribution in [0.2, 0.25) is 0 Å². The van der Waals surface area contributed by atoms with Crippen LogP contribution in [0, 0.1) is 0 Å². The molecule has 0 saturated carbocycles. The molecule has 0 aromatic heterocycles. The fourth-order valence-corrected chi connectivity index (χ4v) is 4.98. The predicted octanol–water partition coefficient (Wildman–Crippen LogP) is 4.99. The van der Waals surface area contributed by atoms with Gasteiger partial charge in [0.1, 0.15) is 5.75 Å². The molecule has 4 rings (SSSR count). The third-order valence-corrected chi connectivity index (χ3v) is 6.74. The van der Waals surface area contributed by atoms with Gasteiger partial charge in [0.15, 0.2) is 11.5 Å². The van der Waals surface area contributed by atoms with Gasteiger partial charge in [-0.15, -0.1) is 0 Å². The van der Waals surface area contributed by atoms with Crippen LogP contribution in [0.1, 0.15) is 62.6 Å². The summed E-state index contributed by atoms with van der Waals surface area (Å²) in [6.45, 7) is 7.92. The number of ether oxygens (including phenoxy) is 3. The minimum absolute atomic E-state index is 0.270. The average molecular weight is 453 g/mol. The van der Waals surface area contributed by atoms with Gasteiger partial charge in [-0.05, 0) is 60.6 Å². The number of benzene rings is 2. The van der Waals surface area contributed by atoms with Crippen molar-refractivity contribution < 1.29 is 19.0 Å². The Morgan fingerprint density at radius 3 is 2.52 bits per heavy atom. The van der Waals surface area contributed by atoms with Crippen molar-refractivity contribution in [2.45, 2.75) is 51.5 Å². The number of methoxy groups -OCH3 is 1. The molecule has 33 heavy (non-hydrogen) atoms. The van der Waals surface area contributed by atoms with Crippen LogP contribution < -0.4 is 14.2 Å². The molecule has 178 valence electrons. The summed E-state index contributed by atoms with van der Waals surface area (Å²) in [7, 11) is 1.70. The highest BCUT2D eigenvalue weighted by Gasteiger charge is 2.34. The number of carbonyl (C=O) groups excluding carboxylic acids is 1. The van der Waals surface area contributed by atoms with Crippen molar-refractivity contribution >= 4 is 5.91 Å². The third kappa shape index (κ3) is 5.44. The van der Waals surface area contributed by atoms with Crippen LogP contribution in [-0.2, 0) is 4.79 Å². The lowest BCUT2D eigenvalue weighted by Gasteiger charge is -2.29. The van der Waals surface area contributed by atoms with E-state index in [0.29, 0.717) is 25.2 Å². The molecule has 0 radical (unpaired) electrons. The van der Waals surface area contributed by atoms with Crippen molar-refractivity contribution in [3.63, 3.8) is 0 Å². The maximum atomic E-state index is 12.6. The predicted molar refractivity (Wildman–Crippen MR) is 129 cm³/mol. The molecule has 6 nitrogen and oxygen atoms in total. The first-order valence-electron chi connectivity index (χ1n) is 12.2.